The molecule has 3 N–H and O–H groups in total. The number of rotatable bonds is 3. The highest BCUT2D eigenvalue weighted by atomic mass is 16.3. The molecule has 24 heavy (non-hydrogen) atoms. The Labute approximate surface area is 142 Å². The van der Waals surface area contributed by atoms with Crippen molar-refractivity contribution in [1.82, 2.24) is 9.88 Å². The molecule has 1 saturated carbocycles. The summed E-state index contributed by atoms with van der Waals surface area (Å²) in [5.41, 5.74) is 5.11. The van der Waals surface area contributed by atoms with Gasteiger partial charge >= 0.3 is 0 Å². The van der Waals surface area contributed by atoms with E-state index in [1.54, 1.807) is 6.07 Å². The second-order valence-corrected chi connectivity index (χ2v) is 7.21. The van der Waals surface area contributed by atoms with Gasteiger partial charge in [-0.1, -0.05) is 12.8 Å². The van der Waals surface area contributed by atoms with Crippen LogP contribution in [0.25, 0.3) is 0 Å². The first-order valence-corrected chi connectivity index (χ1v) is 8.69. The van der Waals surface area contributed by atoms with E-state index in [2.05, 4.69) is 4.98 Å². The van der Waals surface area contributed by atoms with Gasteiger partial charge in [0.2, 0.25) is 5.91 Å². The number of primary amides is 1. The Bertz CT molecular complexity index is 627. The summed E-state index contributed by atoms with van der Waals surface area (Å²) in [5.74, 6) is -0.573. The van der Waals surface area contributed by atoms with Crippen LogP contribution in [-0.4, -0.2) is 45.0 Å². The Balaban J connectivity index is 1.79. The SMILES string of the molecule is CC1(O)CCCCC1C1CCCN1C(=O)c1ccc(C(N)=O)cn1. The smallest absolute Gasteiger partial charge is 0.272 e. The van der Waals surface area contributed by atoms with E-state index in [9.17, 15) is 14.7 Å². The lowest BCUT2D eigenvalue weighted by molar-refractivity contribution is -0.0578. The van der Waals surface area contributed by atoms with Crippen LogP contribution in [0.5, 0.6) is 0 Å². The summed E-state index contributed by atoms with van der Waals surface area (Å²) in [5, 5.41) is 10.8. The normalized spacial score (nSPS) is 30.3. The lowest BCUT2D eigenvalue weighted by Gasteiger charge is -2.43. The highest BCUT2D eigenvalue weighted by molar-refractivity contribution is 5.95. The van der Waals surface area contributed by atoms with Crippen LogP contribution in [-0.2, 0) is 0 Å². The van der Waals surface area contributed by atoms with Crippen molar-refractivity contribution in [2.75, 3.05) is 6.54 Å². The largest absolute Gasteiger partial charge is 0.390 e. The molecule has 1 aromatic heterocycles. The maximum atomic E-state index is 12.9. The van der Waals surface area contributed by atoms with Crippen molar-refractivity contribution >= 4 is 11.8 Å². The number of likely N-dealkylation sites (tertiary alicyclic amines) is 1. The fourth-order valence-corrected chi connectivity index (χ4v) is 4.23. The summed E-state index contributed by atoms with van der Waals surface area (Å²) in [6.07, 6.45) is 7.11. The molecule has 2 heterocycles. The molecule has 0 radical (unpaired) electrons. The van der Waals surface area contributed by atoms with Crippen molar-refractivity contribution in [2.45, 2.75) is 57.1 Å². The first-order valence-electron chi connectivity index (χ1n) is 8.69. The number of aliphatic hydroxyl groups is 1. The number of carbonyl (C=O) groups is 2. The summed E-state index contributed by atoms with van der Waals surface area (Å²) in [6.45, 7) is 2.59. The quantitative estimate of drug-likeness (QED) is 0.881. The fourth-order valence-electron chi connectivity index (χ4n) is 4.23. The number of aromatic nitrogens is 1. The Hall–Kier alpha value is -1.95. The minimum atomic E-state index is -0.713. The molecule has 3 atom stereocenters. The predicted molar refractivity (Wildman–Crippen MR) is 89.4 cm³/mol. The summed E-state index contributed by atoms with van der Waals surface area (Å²) < 4.78 is 0. The zero-order valence-electron chi connectivity index (χ0n) is 14.1. The molecule has 0 bridgehead atoms. The Morgan fingerprint density at radius 3 is 2.71 bits per heavy atom. The first-order chi connectivity index (χ1) is 11.4. The van der Waals surface area contributed by atoms with Gasteiger partial charge in [-0.2, -0.15) is 0 Å². The van der Waals surface area contributed by atoms with Crippen LogP contribution in [0.15, 0.2) is 18.3 Å². The van der Waals surface area contributed by atoms with Crippen molar-refractivity contribution in [1.29, 1.82) is 0 Å². The number of amides is 2. The molecule has 0 aromatic carbocycles. The number of hydrogen-bond acceptors (Lipinski definition) is 4. The lowest BCUT2D eigenvalue weighted by Crippen LogP contribution is -2.50. The van der Waals surface area contributed by atoms with Gasteiger partial charge in [0, 0.05) is 24.7 Å². The van der Waals surface area contributed by atoms with E-state index in [1.807, 2.05) is 11.8 Å². The molecule has 1 saturated heterocycles. The van der Waals surface area contributed by atoms with Crippen LogP contribution in [0.1, 0.15) is 66.3 Å². The molecular formula is C18H25N3O3. The van der Waals surface area contributed by atoms with Gasteiger partial charge in [0.15, 0.2) is 0 Å². The summed E-state index contributed by atoms with van der Waals surface area (Å²) in [6, 6.07) is 3.15. The molecule has 3 rings (SSSR count). The molecule has 1 aromatic rings. The molecule has 0 spiro atoms. The molecule has 2 amide bonds. The monoisotopic (exact) mass is 331 g/mol. The highest BCUT2D eigenvalue weighted by Crippen LogP contribution is 2.40. The molecule has 6 nitrogen and oxygen atoms in total. The van der Waals surface area contributed by atoms with Gasteiger partial charge in [0.25, 0.3) is 5.91 Å². The third kappa shape index (κ3) is 3.15. The number of nitrogens with two attached hydrogens (primary N) is 1. The second kappa shape index (κ2) is 6.51. The van der Waals surface area contributed by atoms with E-state index < -0.39 is 11.5 Å². The van der Waals surface area contributed by atoms with Gasteiger partial charge in [-0.15, -0.1) is 0 Å². The van der Waals surface area contributed by atoms with Gasteiger partial charge < -0.3 is 15.7 Å². The summed E-state index contributed by atoms with van der Waals surface area (Å²) >= 11 is 0. The number of pyridine rings is 1. The standard InChI is InChI=1S/C18H25N3O3/c1-18(24)9-3-2-5-13(18)15-6-4-10-21(15)17(23)14-8-7-12(11-20-14)16(19)22/h7-8,11,13,15,24H,2-6,9-10H2,1H3,(H2,19,22). The van der Waals surface area contributed by atoms with E-state index in [1.165, 1.54) is 12.3 Å². The van der Waals surface area contributed by atoms with E-state index >= 15 is 0 Å². The van der Waals surface area contributed by atoms with E-state index in [-0.39, 0.29) is 17.9 Å². The third-order valence-electron chi connectivity index (χ3n) is 5.54. The third-order valence-corrected chi connectivity index (χ3v) is 5.54. The van der Waals surface area contributed by atoms with Crippen LogP contribution in [0.2, 0.25) is 0 Å². The maximum Gasteiger partial charge on any atom is 0.272 e. The number of hydrogen-bond donors (Lipinski definition) is 2. The van der Waals surface area contributed by atoms with Gasteiger partial charge in [0.05, 0.1) is 11.2 Å². The predicted octanol–water partition coefficient (Wildman–Crippen LogP) is 1.73. The van der Waals surface area contributed by atoms with Crippen molar-refractivity contribution in [3.05, 3.63) is 29.6 Å². The molecule has 2 fully saturated rings. The zero-order valence-corrected chi connectivity index (χ0v) is 14.1. The first kappa shape index (κ1) is 16.9. The topological polar surface area (TPSA) is 96.5 Å². The Morgan fingerprint density at radius 1 is 1.29 bits per heavy atom. The Morgan fingerprint density at radius 2 is 2.08 bits per heavy atom. The van der Waals surface area contributed by atoms with Crippen molar-refractivity contribution in [2.24, 2.45) is 11.7 Å². The van der Waals surface area contributed by atoms with Crippen molar-refractivity contribution in [3.8, 4) is 0 Å². The van der Waals surface area contributed by atoms with Gasteiger partial charge in [0.1, 0.15) is 5.69 Å². The van der Waals surface area contributed by atoms with E-state index in [0.717, 1.165) is 38.5 Å². The second-order valence-electron chi connectivity index (χ2n) is 7.21. The molecule has 1 aliphatic carbocycles. The van der Waals surface area contributed by atoms with Gasteiger partial charge in [-0.25, -0.2) is 0 Å². The molecular weight excluding hydrogens is 306 g/mol. The minimum Gasteiger partial charge on any atom is -0.390 e. The molecule has 2 aliphatic rings. The molecule has 3 unspecified atom stereocenters. The average molecular weight is 331 g/mol. The van der Waals surface area contributed by atoms with Crippen LogP contribution in [0.3, 0.4) is 0 Å². The van der Waals surface area contributed by atoms with Crippen LogP contribution >= 0.6 is 0 Å². The van der Waals surface area contributed by atoms with Gasteiger partial charge in [-0.3, -0.25) is 14.6 Å². The molecule has 130 valence electrons. The lowest BCUT2D eigenvalue weighted by atomic mass is 9.72. The zero-order chi connectivity index (χ0) is 17.3. The van der Waals surface area contributed by atoms with Gasteiger partial charge in [-0.05, 0) is 44.7 Å². The van der Waals surface area contributed by atoms with E-state index in [4.69, 9.17) is 5.73 Å². The van der Waals surface area contributed by atoms with E-state index in [0.29, 0.717) is 17.8 Å². The van der Waals surface area contributed by atoms with Crippen LogP contribution < -0.4 is 5.73 Å². The summed E-state index contributed by atoms with van der Waals surface area (Å²) in [4.78, 5) is 29.9. The Kier molecular flexibility index (Phi) is 4.58. The van der Waals surface area contributed by atoms with Crippen LogP contribution in [0, 0.1) is 5.92 Å². The van der Waals surface area contributed by atoms with Crippen LogP contribution in [0.4, 0.5) is 0 Å². The maximum absolute atomic E-state index is 12.9. The fraction of sp³-hybridized carbons (Fsp3) is 0.611. The number of carbonyl (C=O) groups excluding carboxylic acids is 2. The number of nitrogens with zero attached hydrogens (tertiary/aromatic N) is 2. The molecule has 6 heteroatoms. The molecule has 1 aliphatic heterocycles. The summed E-state index contributed by atoms with van der Waals surface area (Å²) in [7, 11) is 0. The highest BCUT2D eigenvalue weighted by Gasteiger charge is 2.44. The van der Waals surface area contributed by atoms with Crippen molar-refractivity contribution < 1.29 is 14.7 Å². The van der Waals surface area contributed by atoms with Crippen molar-refractivity contribution in [3.63, 3.8) is 0 Å². The average Bonchev–Trinajstić information content (AvgIpc) is 3.03. The minimum absolute atomic E-state index is 0.0606.